The minimum atomic E-state index is 0.565. The van der Waals surface area contributed by atoms with Gasteiger partial charge in [0.2, 0.25) is 0 Å². The Bertz CT molecular complexity index is 264. The van der Waals surface area contributed by atoms with Gasteiger partial charge in [-0.15, -0.1) is 0 Å². The predicted molar refractivity (Wildman–Crippen MR) is 50.5 cm³/mol. The summed E-state index contributed by atoms with van der Waals surface area (Å²) < 4.78 is 5.23. The number of benzene rings is 1. The molecule has 12 heavy (non-hydrogen) atoms. The largest absolute Gasteiger partial charge is 0.494 e. The van der Waals surface area contributed by atoms with E-state index in [-0.39, 0.29) is 0 Å². The fraction of sp³-hybridized carbons (Fsp3) is 0.200. The molecule has 0 atom stereocenters. The van der Waals surface area contributed by atoms with Crippen LogP contribution in [0.3, 0.4) is 0 Å². The average Bonchev–Trinajstić information content (AvgIpc) is 2.03. The lowest BCUT2D eigenvalue weighted by Gasteiger charge is -2.04. The maximum Gasteiger partial charge on any atom is 0.113 e. The fourth-order valence-corrected chi connectivity index (χ4v) is 0.820. The van der Waals surface area contributed by atoms with Crippen LogP contribution in [0.2, 0.25) is 0 Å². The van der Waals surface area contributed by atoms with Crippen molar-refractivity contribution in [3.05, 3.63) is 42.2 Å². The van der Waals surface area contributed by atoms with E-state index in [2.05, 4.69) is 6.58 Å². The molecule has 0 aliphatic rings. The first-order valence-corrected chi connectivity index (χ1v) is 3.81. The summed E-state index contributed by atoms with van der Waals surface area (Å²) in [5.41, 5.74) is 7.40. The molecule has 64 valence electrons. The SMILES string of the molecule is C=C(C)OCc1ccc(N)cc1. The lowest BCUT2D eigenvalue weighted by molar-refractivity contribution is 0.202. The number of nitrogen functional groups attached to an aromatic ring is 1. The summed E-state index contributed by atoms with van der Waals surface area (Å²) in [6, 6.07) is 7.60. The second-order valence-corrected chi connectivity index (χ2v) is 2.73. The maximum absolute atomic E-state index is 5.52. The molecule has 0 amide bonds. The highest BCUT2D eigenvalue weighted by Gasteiger charge is 1.92. The van der Waals surface area contributed by atoms with Crippen LogP contribution in [0.1, 0.15) is 12.5 Å². The van der Waals surface area contributed by atoms with E-state index in [9.17, 15) is 0 Å². The van der Waals surface area contributed by atoms with Gasteiger partial charge in [0.05, 0.1) is 5.76 Å². The second-order valence-electron chi connectivity index (χ2n) is 2.73. The molecule has 2 N–H and O–H groups in total. The highest BCUT2D eigenvalue weighted by Crippen LogP contribution is 2.07. The van der Waals surface area contributed by atoms with E-state index in [0.717, 1.165) is 17.0 Å². The van der Waals surface area contributed by atoms with Crippen LogP contribution < -0.4 is 5.73 Å². The van der Waals surface area contributed by atoms with Gasteiger partial charge >= 0.3 is 0 Å². The van der Waals surface area contributed by atoms with Gasteiger partial charge in [-0.2, -0.15) is 0 Å². The average molecular weight is 163 g/mol. The van der Waals surface area contributed by atoms with Gasteiger partial charge in [0.1, 0.15) is 6.61 Å². The Labute approximate surface area is 72.7 Å². The monoisotopic (exact) mass is 163 g/mol. The Morgan fingerprint density at radius 2 is 2.00 bits per heavy atom. The van der Waals surface area contributed by atoms with Crippen LogP contribution in [0, 0.1) is 0 Å². The minimum Gasteiger partial charge on any atom is -0.494 e. The van der Waals surface area contributed by atoms with Gasteiger partial charge in [-0.1, -0.05) is 18.7 Å². The highest BCUT2D eigenvalue weighted by atomic mass is 16.5. The van der Waals surface area contributed by atoms with Crippen LogP contribution in [-0.2, 0) is 11.3 Å². The van der Waals surface area contributed by atoms with Crippen molar-refractivity contribution in [2.75, 3.05) is 5.73 Å². The molecule has 1 aromatic rings. The molecule has 0 fully saturated rings. The maximum atomic E-state index is 5.52. The third kappa shape index (κ3) is 2.66. The van der Waals surface area contributed by atoms with Crippen LogP contribution in [0.15, 0.2) is 36.6 Å². The zero-order valence-corrected chi connectivity index (χ0v) is 7.21. The van der Waals surface area contributed by atoms with Crippen molar-refractivity contribution < 1.29 is 4.74 Å². The van der Waals surface area contributed by atoms with E-state index in [1.807, 2.05) is 31.2 Å². The van der Waals surface area contributed by atoms with Crippen LogP contribution in [0.25, 0.3) is 0 Å². The molecule has 0 heterocycles. The van der Waals surface area contributed by atoms with Crippen LogP contribution in [-0.4, -0.2) is 0 Å². The minimum absolute atomic E-state index is 0.565. The fourth-order valence-electron chi connectivity index (χ4n) is 0.820. The van der Waals surface area contributed by atoms with Crippen molar-refractivity contribution in [2.24, 2.45) is 0 Å². The first-order valence-electron chi connectivity index (χ1n) is 3.81. The Balaban J connectivity index is 2.53. The molecule has 1 aromatic carbocycles. The van der Waals surface area contributed by atoms with Crippen molar-refractivity contribution in [3.63, 3.8) is 0 Å². The Morgan fingerprint density at radius 3 is 2.50 bits per heavy atom. The van der Waals surface area contributed by atoms with Crippen molar-refractivity contribution in [3.8, 4) is 0 Å². The third-order valence-electron chi connectivity index (χ3n) is 1.46. The molecule has 2 heteroatoms. The molecule has 0 saturated heterocycles. The molecule has 0 aliphatic carbocycles. The standard InChI is InChI=1S/C10H13NO/c1-8(2)12-7-9-3-5-10(11)6-4-9/h3-6H,1,7,11H2,2H3. The first kappa shape index (κ1) is 8.65. The van der Waals surface area contributed by atoms with Gasteiger partial charge < -0.3 is 10.5 Å². The summed E-state index contributed by atoms with van der Waals surface area (Å²) in [7, 11) is 0. The molecule has 0 aliphatic heterocycles. The van der Waals surface area contributed by atoms with E-state index in [0.29, 0.717) is 6.61 Å². The van der Waals surface area contributed by atoms with E-state index in [1.54, 1.807) is 0 Å². The Hall–Kier alpha value is -1.44. The van der Waals surface area contributed by atoms with Crippen LogP contribution in [0.4, 0.5) is 5.69 Å². The van der Waals surface area contributed by atoms with E-state index in [1.165, 1.54) is 0 Å². The first-order chi connectivity index (χ1) is 5.68. The summed E-state index contributed by atoms with van der Waals surface area (Å²) in [6.45, 7) is 6.04. The second kappa shape index (κ2) is 3.81. The van der Waals surface area contributed by atoms with E-state index >= 15 is 0 Å². The lowest BCUT2D eigenvalue weighted by Crippen LogP contribution is -1.90. The smallest absolute Gasteiger partial charge is 0.113 e. The van der Waals surface area contributed by atoms with Crippen molar-refractivity contribution >= 4 is 5.69 Å². The third-order valence-corrected chi connectivity index (χ3v) is 1.46. The summed E-state index contributed by atoms with van der Waals surface area (Å²) in [5, 5.41) is 0. The van der Waals surface area contributed by atoms with E-state index in [4.69, 9.17) is 10.5 Å². The van der Waals surface area contributed by atoms with Gasteiger partial charge in [0.25, 0.3) is 0 Å². The number of anilines is 1. The number of nitrogens with two attached hydrogens (primary N) is 1. The summed E-state index contributed by atoms with van der Waals surface area (Å²) >= 11 is 0. The molecule has 0 aromatic heterocycles. The van der Waals surface area contributed by atoms with Gasteiger partial charge in [-0.3, -0.25) is 0 Å². The van der Waals surface area contributed by atoms with Crippen molar-refractivity contribution in [1.82, 2.24) is 0 Å². The van der Waals surface area contributed by atoms with Crippen LogP contribution >= 0.6 is 0 Å². The topological polar surface area (TPSA) is 35.2 Å². The van der Waals surface area contributed by atoms with Gasteiger partial charge in [0.15, 0.2) is 0 Å². The van der Waals surface area contributed by atoms with E-state index < -0.39 is 0 Å². The number of allylic oxidation sites excluding steroid dienone is 1. The predicted octanol–water partition coefficient (Wildman–Crippen LogP) is 2.32. The number of hydrogen-bond acceptors (Lipinski definition) is 2. The molecule has 1 rings (SSSR count). The van der Waals surface area contributed by atoms with Crippen molar-refractivity contribution in [1.29, 1.82) is 0 Å². The molecule has 0 saturated carbocycles. The highest BCUT2D eigenvalue weighted by molar-refractivity contribution is 5.39. The van der Waals surface area contributed by atoms with Gasteiger partial charge in [-0.05, 0) is 24.6 Å². The van der Waals surface area contributed by atoms with Gasteiger partial charge in [-0.25, -0.2) is 0 Å². The number of ether oxygens (including phenoxy) is 1. The summed E-state index contributed by atoms with van der Waals surface area (Å²) in [4.78, 5) is 0. The molecule has 0 bridgehead atoms. The zero-order valence-electron chi connectivity index (χ0n) is 7.21. The lowest BCUT2D eigenvalue weighted by atomic mass is 10.2. The molecule has 2 nitrogen and oxygen atoms in total. The molecular formula is C10H13NO. The Morgan fingerprint density at radius 1 is 1.42 bits per heavy atom. The molecule has 0 spiro atoms. The Kier molecular flexibility index (Phi) is 2.75. The normalized spacial score (nSPS) is 9.42. The van der Waals surface area contributed by atoms with Crippen LogP contribution in [0.5, 0.6) is 0 Å². The zero-order chi connectivity index (χ0) is 8.97. The number of rotatable bonds is 3. The molecular weight excluding hydrogens is 150 g/mol. The van der Waals surface area contributed by atoms with Crippen molar-refractivity contribution in [2.45, 2.75) is 13.5 Å². The quantitative estimate of drug-likeness (QED) is 0.548. The summed E-state index contributed by atoms with van der Waals surface area (Å²) in [6.07, 6.45) is 0. The molecule has 0 unspecified atom stereocenters. The molecule has 0 radical (unpaired) electrons. The summed E-state index contributed by atoms with van der Waals surface area (Å²) in [5.74, 6) is 0.729. The number of hydrogen-bond donors (Lipinski definition) is 1. The van der Waals surface area contributed by atoms with Gasteiger partial charge in [0, 0.05) is 5.69 Å².